The molecular weight excluding hydrogens is 613 g/mol. The van der Waals surface area contributed by atoms with Crippen LogP contribution in [0.15, 0.2) is 29.0 Å². The molecule has 5 aromatic rings. The van der Waals surface area contributed by atoms with Crippen molar-refractivity contribution in [2.75, 3.05) is 24.6 Å². The Balaban J connectivity index is 1.30. The molecule has 4 unspecified atom stereocenters. The number of hydrogen-bond donors (Lipinski definition) is 3. The molecule has 13 heteroatoms. The van der Waals surface area contributed by atoms with Crippen LogP contribution in [0.3, 0.4) is 0 Å². The van der Waals surface area contributed by atoms with E-state index in [9.17, 15) is 10.4 Å². The lowest BCUT2D eigenvalue weighted by Gasteiger charge is -2.39. The predicted octanol–water partition coefficient (Wildman–Crippen LogP) is 5.80. The average molecular weight is 651 g/mol. The van der Waals surface area contributed by atoms with E-state index >= 15 is 0 Å². The van der Waals surface area contributed by atoms with Crippen molar-refractivity contribution in [3.8, 4) is 17.6 Å². The van der Waals surface area contributed by atoms with Crippen LogP contribution in [0.5, 0.6) is 0 Å². The first-order chi connectivity index (χ1) is 22.8. The van der Waals surface area contributed by atoms with Crippen LogP contribution in [0, 0.1) is 11.3 Å². The Morgan fingerprint density at radius 2 is 2.02 bits per heavy atom. The van der Waals surface area contributed by atoms with Crippen LogP contribution in [0.25, 0.3) is 22.6 Å². The third-order valence-electron chi connectivity index (χ3n) is 10.6. The van der Waals surface area contributed by atoms with E-state index in [1.54, 1.807) is 25.4 Å². The molecule has 1 aliphatic heterocycles. The van der Waals surface area contributed by atoms with Gasteiger partial charge in [-0.15, -0.1) is 11.3 Å². The van der Waals surface area contributed by atoms with E-state index in [1.807, 2.05) is 10.7 Å². The van der Waals surface area contributed by atoms with E-state index in [4.69, 9.17) is 25.3 Å². The van der Waals surface area contributed by atoms with Crippen LogP contribution in [-0.4, -0.2) is 59.5 Å². The van der Waals surface area contributed by atoms with Gasteiger partial charge in [-0.1, -0.05) is 11.2 Å². The molecule has 5 aromatic heterocycles. The number of aliphatic hydroxyl groups excluding tert-OH is 1. The predicted molar refractivity (Wildman–Crippen MR) is 179 cm³/mol. The molecule has 0 aromatic carbocycles. The highest BCUT2D eigenvalue weighted by Crippen LogP contribution is 2.55. The molecule has 4 N–H and O–H groups in total. The minimum absolute atomic E-state index is 0.0714. The van der Waals surface area contributed by atoms with Crippen LogP contribution < -0.4 is 11.1 Å². The molecular formula is C34H38N10O2S. The number of thiophene rings is 1. The summed E-state index contributed by atoms with van der Waals surface area (Å²) in [6, 6.07) is 6.45. The number of nitrogens with one attached hydrogen (secondary N) is 1. The number of fused-ring (bicyclic) bond motifs is 5. The highest BCUT2D eigenvalue weighted by atomic mass is 32.1. The number of anilines is 3. The molecule has 2 aliphatic carbocycles. The second-order valence-corrected chi connectivity index (χ2v) is 14.4. The summed E-state index contributed by atoms with van der Waals surface area (Å²) in [7, 11) is 2.17. The number of hydrogen-bond acceptors (Lipinski definition) is 12. The molecule has 47 heavy (non-hydrogen) atoms. The molecule has 242 valence electrons. The minimum Gasteiger partial charge on any atom is -0.389 e. The Labute approximate surface area is 276 Å². The van der Waals surface area contributed by atoms with Crippen molar-refractivity contribution >= 4 is 39.0 Å². The maximum Gasteiger partial charge on any atom is 0.186 e. The van der Waals surface area contributed by atoms with Crippen molar-refractivity contribution in [1.82, 2.24) is 34.8 Å². The summed E-state index contributed by atoms with van der Waals surface area (Å²) in [6.45, 7) is 4.97. The lowest BCUT2D eigenvalue weighted by atomic mass is 9.63. The van der Waals surface area contributed by atoms with Gasteiger partial charge in [0.1, 0.15) is 22.7 Å². The van der Waals surface area contributed by atoms with Gasteiger partial charge in [-0.25, -0.2) is 19.6 Å². The van der Waals surface area contributed by atoms with E-state index in [2.05, 4.69) is 40.4 Å². The van der Waals surface area contributed by atoms with Crippen molar-refractivity contribution < 1.29 is 9.63 Å². The fraction of sp³-hybridized carbons (Fsp3) is 0.471. The van der Waals surface area contributed by atoms with Crippen molar-refractivity contribution in [2.24, 2.45) is 0 Å². The zero-order valence-corrected chi connectivity index (χ0v) is 27.6. The SMILES string of the molecule is CC(O)c1cccnc1Nc1nc(-c2noc3c2CCCC32CCCc3sc(N)c(C#N)c32)nc2c1cnn2C(C)C1CCCN1C. The molecule has 8 rings (SSSR count). The number of likely N-dealkylation sites (N-methyl/N-ethyl adjacent to an activating group) is 1. The summed E-state index contributed by atoms with van der Waals surface area (Å²) in [5.74, 6) is 2.29. The van der Waals surface area contributed by atoms with Gasteiger partial charge in [-0.05, 0) is 90.4 Å². The summed E-state index contributed by atoms with van der Waals surface area (Å²) in [5.41, 5.74) is 10.5. The number of rotatable bonds is 6. The zero-order valence-electron chi connectivity index (χ0n) is 26.8. The van der Waals surface area contributed by atoms with Crippen molar-refractivity contribution in [3.63, 3.8) is 0 Å². The van der Waals surface area contributed by atoms with Gasteiger partial charge >= 0.3 is 0 Å². The highest BCUT2D eigenvalue weighted by Gasteiger charge is 2.49. The molecule has 4 atom stereocenters. The van der Waals surface area contributed by atoms with Gasteiger partial charge in [0.05, 0.1) is 34.7 Å². The molecule has 6 heterocycles. The van der Waals surface area contributed by atoms with E-state index in [0.29, 0.717) is 51.0 Å². The maximum absolute atomic E-state index is 10.5. The number of aromatic nitrogens is 6. The van der Waals surface area contributed by atoms with Crippen LogP contribution in [-0.2, 0) is 18.3 Å². The van der Waals surface area contributed by atoms with Gasteiger partial charge in [-0.3, -0.25) is 0 Å². The number of aryl methyl sites for hydroxylation is 1. The normalized spacial score (nSPS) is 22.2. The third-order valence-corrected chi connectivity index (χ3v) is 11.6. The lowest BCUT2D eigenvalue weighted by Crippen LogP contribution is -2.35. The zero-order chi connectivity index (χ0) is 32.4. The van der Waals surface area contributed by atoms with Crippen molar-refractivity contribution in [2.45, 2.75) is 88.8 Å². The second kappa shape index (κ2) is 11.4. The molecule has 3 aliphatic rings. The third kappa shape index (κ3) is 4.64. The number of nitriles is 1. The molecule has 0 saturated carbocycles. The minimum atomic E-state index is -0.729. The maximum atomic E-state index is 10.5. The molecule has 1 fully saturated rings. The largest absolute Gasteiger partial charge is 0.389 e. The highest BCUT2D eigenvalue weighted by molar-refractivity contribution is 7.16. The van der Waals surface area contributed by atoms with Crippen LogP contribution >= 0.6 is 11.3 Å². The Morgan fingerprint density at radius 1 is 1.19 bits per heavy atom. The lowest BCUT2D eigenvalue weighted by molar-refractivity contribution is 0.199. The Bertz CT molecular complexity index is 2040. The van der Waals surface area contributed by atoms with E-state index in [0.717, 1.165) is 80.2 Å². The first-order valence-electron chi connectivity index (χ1n) is 16.5. The number of aliphatic hydroxyl groups is 1. The monoisotopic (exact) mass is 650 g/mol. The summed E-state index contributed by atoms with van der Waals surface area (Å²) < 4.78 is 8.31. The van der Waals surface area contributed by atoms with Crippen LogP contribution in [0.4, 0.5) is 16.6 Å². The van der Waals surface area contributed by atoms with Gasteiger partial charge in [0, 0.05) is 28.2 Å². The summed E-state index contributed by atoms with van der Waals surface area (Å²) in [6.07, 6.45) is 10.4. The molecule has 12 nitrogen and oxygen atoms in total. The average Bonchev–Trinajstić information content (AvgIpc) is 3.86. The molecule has 0 radical (unpaired) electrons. The quantitative estimate of drug-likeness (QED) is 0.203. The van der Waals surface area contributed by atoms with Gasteiger partial charge < -0.3 is 25.6 Å². The fourth-order valence-corrected chi connectivity index (χ4v) is 9.48. The molecule has 1 spiro atoms. The van der Waals surface area contributed by atoms with Crippen molar-refractivity contribution in [1.29, 1.82) is 5.26 Å². The van der Waals surface area contributed by atoms with E-state index < -0.39 is 11.5 Å². The Morgan fingerprint density at radius 3 is 2.79 bits per heavy atom. The van der Waals surface area contributed by atoms with Crippen LogP contribution in [0.1, 0.15) is 97.4 Å². The van der Waals surface area contributed by atoms with Gasteiger partial charge in [-0.2, -0.15) is 10.4 Å². The van der Waals surface area contributed by atoms with Crippen molar-refractivity contribution in [3.05, 3.63) is 57.4 Å². The Kier molecular flexibility index (Phi) is 7.27. The molecule has 1 saturated heterocycles. The standard InChI is InChI=1S/C34H38N10O2S/c1-18(24-10-7-15-43(24)3)44-33-23(17-38-44)31(39-30-20(19(2)45)9-6-14-37-30)40-32(41-33)27-21-8-4-12-34(28(21)46-42-27)13-5-11-25-26(34)22(16-35)29(36)47-25/h6,9,14,17-19,24,45H,4-5,7-8,10-13,15,36H2,1-3H3,(H,37,39,40,41). The Hall–Kier alpha value is -4.38. The topological polar surface area (TPSA) is 168 Å². The first-order valence-corrected chi connectivity index (χ1v) is 17.3. The number of pyridine rings is 1. The van der Waals surface area contributed by atoms with Crippen LogP contribution in [0.2, 0.25) is 0 Å². The second-order valence-electron chi connectivity index (χ2n) is 13.3. The van der Waals surface area contributed by atoms with E-state index in [-0.39, 0.29) is 6.04 Å². The number of nitrogens with zero attached hydrogens (tertiary/aromatic N) is 8. The molecule has 0 bridgehead atoms. The van der Waals surface area contributed by atoms with Gasteiger partial charge in [0.2, 0.25) is 0 Å². The molecule has 0 amide bonds. The van der Waals surface area contributed by atoms with Gasteiger partial charge in [0.25, 0.3) is 0 Å². The van der Waals surface area contributed by atoms with E-state index in [1.165, 1.54) is 16.2 Å². The first kappa shape index (κ1) is 30.0. The van der Waals surface area contributed by atoms with Gasteiger partial charge in [0.15, 0.2) is 22.9 Å². The smallest absolute Gasteiger partial charge is 0.186 e. The summed E-state index contributed by atoms with van der Waals surface area (Å²) in [5, 5.41) is 34.9. The summed E-state index contributed by atoms with van der Waals surface area (Å²) in [4.78, 5) is 18.3. The number of nitrogen functional groups attached to an aromatic ring is 1. The summed E-state index contributed by atoms with van der Waals surface area (Å²) >= 11 is 1.53. The number of likely N-dealkylation sites (tertiary alicyclic amines) is 1. The fourth-order valence-electron chi connectivity index (χ4n) is 8.32. The number of nitrogens with two attached hydrogens (primary N) is 1.